The van der Waals surface area contributed by atoms with Gasteiger partial charge in [0.05, 0.1) is 0 Å². The average Bonchev–Trinajstić information content (AvgIpc) is 2.13. The van der Waals surface area contributed by atoms with Crippen LogP contribution >= 0.6 is 0 Å². The molecule has 1 rings (SSSR count). The normalized spacial score (nSPS) is 17.1. The number of carbonyl (C=O) groups excluding carboxylic acids is 1. The Hall–Kier alpha value is -0.990. The lowest BCUT2D eigenvalue weighted by Crippen LogP contribution is -1.96. The molecule has 0 aliphatic carbocycles. The average molecular weight is 128 g/mol. The highest BCUT2D eigenvalue weighted by Gasteiger charge is 2.16. The van der Waals surface area contributed by atoms with Crippen LogP contribution in [-0.2, 0) is 14.3 Å². The van der Waals surface area contributed by atoms with Crippen LogP contribution in [0.25, 0.3) is 0 Å². The number of carbonyl (C=O) groups is 1. The first-order valence-corrected chi connectivity index (χ1v) is 2.69. The van der Waals surface area contributed by atoms with Gasteiger partial charge in [0.2, 0.25) is 12.6 Å². The van der Waals surface area contributed by atoms with Crippen molar-refractivity contribution in [3.8, 4) is 0 Å². The van der Waals surface area contributed by atoms with Crippen LogP contribution < -0.4 is 0 Å². The number of allylic oxidation sites excluding steroid dienone is 2. The molecule has 3 heteroatoms. The Morgan fingerprint density at radius 2 is 2.22 bits per heavy atom. The van der Waals surface area contributed by atoms with Gasteiger partial charge in [-0.05, 0) is 6.92 Å². The summed E-state index contributed by atoms with van der Waals surface area (Å²) >= 11 is 0. The van der Waals surface area contributed by atoms with Crippen molar-refractivity contribution in [1.29, 1.82) is 0 Å². The molecule has 0 atom stereocenters. The summed E-state index contributed by atoms with van der Waals surface area (Å²) in [5, 5.41) is 0. The fraction of sp³-hybridized carbons (Fsp3) is 0.500. The van der Waals surface area contributed by atoms with Crippen LogP contribution in [0, 0.1) is 0 Å². The molecule has 1 aliphatic heterocycles. The molecule has 0 radical (unpaired) electrons. The molecule has 1 aliphatic rings. The maximum absolute atomic E-state index is 10.6. The monoisotopic (exact) mass is 128 g/mol. The highest BCUT2D eigenvalue weighted by Crippen LogP contribution is 2.15. The van der Waals surface area contributed by atoms with Crippen molar-refractivity contribution in [2.45, 2.75) is 13.8 Å². The van der Waals surface area contributed by atoms with Gasteiger partial charge in [-0.3, -0.25) is 4.79 Å². The molecular formula is C6H8O3. The molecule has 0 aromatic heterocycles. The molecule has 1 heterocycles. The minimum absolute atomic E-state index is 0.0787. The maximum atomic E-state index is 10.6. The molecule has 0 spiro atoms. The first-order chi connectivity index (χ1) is 4.22. The second kappa shape index (κ2) is 2.09. The van der Waals surface area contributed by atoms with Gasteiger partial charge < -0.3 is 9.47 Å². The minimum atomic E-state index is -0.0787. The van der Waals surface area contributed by atoms with E-state index in [2.05, 4.69) is 0 Å². The number of Topliss-reactive ketones (excluding diaryl/α,β-unsaturated/α-hetero) is 1. The van der Waals surface area contributed by atoms with E-state index in [-0.39, 0.29) is 12.6 Å². The highest BCUT2D eigenvalue weighted by molar-refractivity contribution is 5.91. The van der Waals surface area contributed by atoms with Crippen LogP contribution in [0.3, 0.4) is 0 Å². The lowest BCUT2D eigenvalue weighted by Gasteiger charge is -1.91. The lowest BCUT2D eigenvalue weighted by molar-refractivity contribution is -0.116. The van der Waals surface area contributed by atoms with Gasteiger partial charge in [-0.25, -0.2) is 0 Å². The summed E-state index contributed by atoms with van der Waals surface area (Å²) in [5.74, 6) is 0.863. The zero-order valence-electron chi connectivity index (χ0n) is 5.43. The Kier molecular flexibility index (Phi) is 1.42. The standard InChI is InChI=1S/C6H8O3/c1-4(7)6-5(2)8-3-9-6/h3H2,1-2H3. The summed E-state index contributed by atoms with van der Waals surface area (Å²) in [6, 6.07) is 0. The van der Waals surface area contributed by atoms with Crippen LogP contribution in [0.1, 0.15) is 13.8 Å². The van der Waals surface area contributed by atoms with E-state index >= 15 is 0 Å². The Labute approximate surface area is 53.3 Å². The van der Waals surface area contributed by atoms with E-state index in [0.29, 0.717) is 11.5 Å². The molecule has 0 amide bonds. The van der Waals surface area contributed by atoms with Crippen LogP contribution in [-0.4, -0.2) is 12.6 Å². The van der Waals surface area contributed by atoms with Gasteiger partial charge in [0.25, 0.3) is 0 Å². The van der Waals surface area contributed by atoms with Crippen LogP contribution in [0.15, 0.2) is 11.5 Å². The van der Waals surface area contributed by atoms with Gasteiger partial charge in [0.15, 0.2) is 5.78 Å². The van der Waals surface area contributed by atoms with Crippen molar-refractivity contribution in [3.63, 3.8) is 0 Å². The van der Waals surface area contributed by atoms with Gasteiger partial charge in [-0.15, -0.1) is 0 Å². The fourth-order valence-corrected chi connectivity index (χ4v) is 0.693. The van der Waals surface area contributed by atoms with E-state index in [1.54, 1.807) is 6.92 Å². The molecule has 50 valence electrons. The van der Waals surface area contributed by atoms with Gasteiger partial charge in [0.1, 0.15) is 5.76 Å². The van der Waals surface area contributed by atoms with Gasteiger partial charge in [-0.1, -0.05) is 0 Å². The third-order valence-electron chi connectivity index (χ3n) is 1.12. The molecule has 9 heavy (non-hydrogen) atoms. The Bertz CT molecular complexity index is 169. The predicted octanol–water partition coefficient (Wildman–Crippen LogP) is 0.811. The molecule has 0 N–H and O–H groups in total. The Balaban J connectivity index is 2.78. The molecule has 0 aromatic rings. The van der Waals surface area contributed by atoms with Crippen molar-refractivity contribution in [1.82, 2.24) is 0 Å². The van der Waals surface area contributed by atoms with Crippen molar-refractivity contribution in [3.05, 3.63) is 11.5 Å². The smallest absolute Gasteiger partial charge is 0.230 e. The first kappa shape index (κ1) is 6.13. The summed E-state index contributed by atoms with van der Waals surface area (Å²) in [6.07, 6.45) is 0. The van der Waals surface area contributed by atoms with Crippen molar-refractivity contribution in [2.24, 2.45) is 0 Å². The Morgan fingerprint density at radius 3 is 2.44 bits per heavy atom. The number of hydrogen-bond donors (Lipinski definition) is 0. The lowest BCUT2D eigenvalue weighted by atomic mass is 10.3. The van der Waals surface area contributed by atoms with Gasteiger partial charge in [-0.2, -0.15) is 0 Å². The van der Waals surface area contributed by atoms with E-state index in [1.807, 2.05) is 0 Å². The minimum Gasteiger partial charge on any atom is -0.458 e. The summed E-state index contributed by atoms with van der Waals surface area (Å²) in [5.41, 5.74) is 0. The maximum Gasteiger partial charge on any atom is 0.230 e. The van der Waals surface area contributed by atoms with Crippen LogP contribution in [0.2, 0.25) is 0 Å². The van der Waals surface area contributed by atoms with E-state index in [0.717, 1.165) is 0 Å². The summed E-state index contributed by atoms with van der Waals surface area (Å²) in [6.45, 7) is 3.35. The van der Waals surface area contributed by atoms with Crippen LogP contribution in [0.5, 0.6) is 0 Å². The summed E-state index contributed by atoms with van der Waals surface area (Å²) in [4.78, 5) is 10.6. The third-order valence-corrected chi connectivity index (χ3v) is 1.12. The molecule has 0 fully saturated rings. The number of hydrogen-bond acceptors (Lipinski definition) is 3. The highest BCUT2D eigenvalue weighted by atomic mass is 16.7. The van der Waals surface area contributed by atoms with E-state index in [9.17, 15) is 4.79 Å². The topological polar surface area (TPSA) is 35.5 Å². The van der Waals surface area contributed by atoms with E-state index in [4.69, 9.17) is 9.47 Å². The molecule has 0 saturated heterocycles. The second-order valence-corrected chi connectivity index (χ2v) is 1.85. The summed E-state index contributed by atoms with van der Waals surface area (Å²) < 4.78 is 9.70. The zero-order valence-corrected chi connectivity index (χ0v) is 5.43. The number of rotatable bonds is 1. The van der Waals surface area contributed by atoms with E-state index < -0.39 is 0 Å². The van der Waals surface area contributed by atoms with Crippen molar-refractivity contribution >= 4 is 5.78 Å². The second-order valence-electron chi connectivity index (χ2n) is 1.85. The third kappa shape index (κ3) is 1.04. The van der Waals surface area contributed by atoms with Gasteiger partial charge in [0, 0.05) is 6.92 Å². The number of ether oxygens (including phenoxy) is 2. The predicted molar refractivity (Wildman–Crippen MR) is 30.4 cm³/mol. The molecule has 0 bridgehead atoms. The zero-order chi connectivity index (χ0) is 6.85. The van der Waals surface area contributed by atoms with Crippen molar-refractivity contribution < 1.29 is 14.3 Å². The van der Waals surface area contributed by atoms with Crippen LogP contribution in [0.4, 0.5) is 0 Å². The summed E-state index contributed by atoms with van der Waals surface area (Å²) in [7, 11) is 0. The molecule has 0 unspecified atom stereocenters. The quantitative estimate of drug-likeness (QED) is 0.524. The molecule has 3 nitrogen and oxygen atoms in total. The van der Waals surface area contributed by atoms with Crippen molar-refractivity contribution in [2.75, 3.05) is 6.79 Å². The largest absolute Gasteiger partial charge is 0.458 e. The Morgan fingerprint density at radius 1 is 1.56 bits per heavy atom. The SMILES string of the molecule is CC(=O)C1=C(C)OCO1. The molecular weight excluding hydrogens is 120 g/mol. The molecule has 0 saturated carbocycles. The fourth-order valence-electron chi connectivity index (χ4n) is 0.693. The first-order valence-electron chi connectivity index (χ1n) is 2.69. The molecule has 0 aromatic carbocycles. The van der Waals surface area contributed by atoms with Gasteiger partial charge >= 0.3 is 0 Å². The van der Waals surface area contributed by atoms with E-state index in [1.165, 1.54) is 6.92 Å². The number of ketones is 1.